The summed E-state index contributed by atoms with van der Waals surface area (Å²) in [6.45, 7) is 8.09. The minimum absolute atomic E-state index is 0.289. The second kappa shape index (κ2) is 7.55. The van der Waals surface area contributed by atoms with Gasteiger partial charge in [-0.25, -0.2) is 0 Å². The summed E-state index contributed by atoms with van der Waals surface area (Å²) >= 11 is 0. The van der Waals surface area contributed by atoms with Gasteiger partial charge in [-0.2, -0.15) is 0 Å². The van der Waals surface area contributed by atoms with Crippen LogP contribution in [0.2, 0.25) is 0 Å². The van der Waals surface area contributed by atoms with Crippen LogP contribution in [-0.4, -0.2) is 18.3 Å². The van der Waals surface area contributed by atoms with E-state index >= 15 is 0 Å². The molecular formula is C16H27NO. The minimum atomic E-state index is 0.289. The average molecular weight is 249 g/mol. The molecule has 1 atom stereocenters. The third-order valence-electron chi connectivity index (χ3n) is 2.99. The first-order valence-corrected chi connectivity index (χ1v) is 6.92. The number of nitrogens with one attached hydrogen (secondary N) is 1. The lowest BCUT2D eigenvalue weighted by atomic mass is 9.85. The fraction of sp³-hybridized carbons (Fsp3) is 0.625. The van der Waals surface area contributed by atoms with Crippen molar-refractivity contribution in [3.8, 4) is 0 Å². The predicted molar refractivity (Wildman–Crippen MR) is 77.6 cm³/mol. The van der Waals surface area contributed by atoms with Gasteiger partial charge in [-0.1, -0.05) is 51.1 Å². The summed E-state index contributed by atoms with van der Waals surface area (Å²) in [4.78, 5) is 0. The minimum Gasteiger partial charge on any atom is -0.396 e. The molecule has 1 unspecified atom stereocenters. The van der Waals surface area contributed by atoms with Crippen molar-refractivity contribution < 1.29 is 5.11 Å². The Morgan fingerprint density at radius 2 is 1.78 bits per heavy atom. The Bertz CT molecular complexity index is 316. The molecule has 0 radical (unpaired) electrons. The number of hydrogen-bond acceptors (Lipinski definition) is 2. The first-order chi connectivity index (χ1) is 8.53. The summed E-state index contributed by atoms with van der Waals surface area (Å²) in [5.74, 6) is 0. The molecule has 2 heteroatoms. The Morgan fingerprint density at radius 3 is 2.33 bits per heavy atom. The van der Waals surface area contributed by atoms with E-state index < -0.39 is 0 Å². The molecule has 0 aliphatic heterocycles. The lowest BCUT2D eigenvalue weighted by Gasteiger charge is -2.27. The van der Waals surface area contributed by atoms with Crippen molar-refractivity contribution in [3.05, 3.63) is 35.9 Å². The fourth-order valence-electron chi connectivity index (χ4n) is 2.12. The standard InChI is InChI=1S/C16H27NO/c1-16(2,3)13-15(17-11-7-8-12-18)14-9-5-4-6-10-14/h4-6,9-10,15,17-18H,7-8,11-13H2,1-3H3. The molecule has 0 aliphatic rings. The van der Waals surface area contributed by atoms with Crippen molar-refractivity contribution >= 4 is 0 Å². The van der Waals surface area contributed by atoms with E-state index in [1.165, 1.54) is 5.56 Å². The maximum Gasteiger partial charge on any atom is 0.0431 e. The maximum atomic E-state index is 8.81. The van der Waals surface area contributed by atoms with Gasteiger partial charge in [0.25, 0.3) is 0 Å². The number of hydrogen-bond donors (Lipinski definition) is 2. The third kappa shape index (κ3) is 6.18. The number of aliphatic hydroxyl groups excluding tert-OH is 1. The van der Waals surface area contributed by atoms with Crippen LogP contribution in [0.25, 0.3) is 0 Å². The summed E-state index contributed by atoms with van der Waals surface area (Å²) in [7, 11) is 0. The number of aliphatic hydroxyl groups is 1. The largest absolute Gasteiger partial charge is 0.396 e. The normalized spacial score (nSPS) is 13.6. The second-order valence-corrected chi connectivity index (χ2v) is 6.11. The smallest absolute Gasteiger partial charge is 0.0431 e. The molecule has 0 aliphatic carbocycles. The van der Waals surface area contributed by atoms with Crippen LogP contribution in [0.15, 0.2) is 30.3 Å². The fourth-order valence-corrected chi connectivity index (χ4v) is 2.12. The predicted octanol–water partition coefficient (Wildman–Crippen LogP) is 3.53. The topological polar surface area (TPSA) is 32.3 Å². The van der Waals surface area contributed by atoms with Crippen LogP contribution in [0.1, 0.15) is 51.6 Å². The van der Waals surface area contributed by atoms with Gasteiger partial charge in [-0.3, -0.25) is 0 Å². The number of unbranched alkanes of at least 4 members (excludes halogenated alkanes) is 1. The Balaban J connectivity index is 2.58. The van der Waals surface area contributed by atoms with Crippen molar-refractivity contribution in [2.75, 3.05) is 13.2 Å². The Labute approximate surface area is 111 Å². The Hall–Kier alpha value is -0.860. The van der Waals surface area contributed by atoms with E-state index in [-0.39, 0.29) is 6.61 Å². The monoisotopic (exact) mass is 249 g/mol. The molecule has 0 bridgehead atoms. The Morgan fingerprint density at radius 1 is 1.11 bits per heavy atom. The summed E-state index contributed by atoms with van der Waals surface area (Å²) in [5.41, 5.74) is 1.67. The van der Waals surface area contributed by atoms with Gasteiger partial charge in [0.05, 0.1) is 0 Å². The average Bonchev–Trinajstić information content (AvgIpc) is 2.33. The Kier molecular flexibility index (Phi) is 6.37. The highest BCUT2D eigenvalue weighted by Crippen LogP contribution is 2.29. The van der Waals surface area contributed by atoms with E-state index in [2.05, 4.69) is 56.4 Å². The molecule has 102 valence electrons. The van der Waals surface area contributed by atoms with Crippen LogP contribution in [0.4, 0.5) is 0 Å². The van der Waals surface area contributed by atoms with E-state index in [1.54, 1.807) is 0 Å². The zero-order valence-electron chi connectivity index (χ0n) is 11.9. The summed E-state index contributed by atoms with van der Waals surface area (Å²) in [5, 5.41) is 12.4. The number of benzene rings is 1. The quantitative estimate of drug-likeness (QED) is 0.725. The van der Waals surface area contributed by atoms with Gasteiger partial charge in [-0.15, -0.1) is 0 Å². The third-order valence-corrected chi connectivity index (χ3v) is 2.99. The van der Waals surface area contributed by atoms with Gasteiger partial charge in [0, 0.05) is 12.6 Å². The number of rotatable bonds is 7. The first-order valence-electron chi connectivity index (χ1n) is 6.92. The highest BCUT2D eigenvalue weighted by atomic mass is 16.2. The molecule has 0 fully saturated rings. The van der Waals surface area contributed by atoms with Crippen LogP contribution in [0.3, 0.4) is 0 Å². The zero-order valence-corrected chi connectivity index (χ0v) is 11.9. The van der Waals surface area contributed by atoms with E-state index in [0.717, 1.165) is 25.8 Å². The van der Waals surface area contributed by atoms with E-state index in [1.807, 2.05) is 0 Å². The van der Waals surface area contributed by atoms with Crippen molar-refractivity contribution in [1.29, 1.82) is 0 Å². The van der Waals surface area contributed by atoms with E-state index in [4.69, 9.17) is 5.11 Å². The molecule has 18 heavy (non-hydrogen) atoms. The summed E-state index contributed by atoms with van der Waals surface area (Å²) in [6.07, 6.45) is 3.03. The molecule has 0 amide bonds. The van der Waals surface area contributed by atoms with Crippen molar-refractivity contribution in [1.82, 2.24) is 5.32 Å². The van der Waals surface area contributed by atoms with Gasteiger partial charge in [0.15, 0.2) is 0 Å². The van der Waals surface area contributed by atoms with Crippen LogP contribution in [-0.2, 0) is 0 Å². The van der Waals surface area contributed by atoms with Gasteiger partial charge in [-0.05, 0) is 36.8 Å². The second-order valence-electron chi connectivity index (χ2n) is 6.11. The molecular weight excluding hydrogens is 222 g/mol. The molecule has 1 aromatic carbocycles. The summed E-state index contributed by atoms with van der Waals surface area (Å²) in [6, 6.07) is 11.0. The zero-order chi connectivity index (χ0) is 13.4. The molecule has 0 saturated carbocycles. The summed E-state index contributed by atoms with van der Waals surface area (Å²) < 4.78 is 0. The SMILES string of the molecule is CC(C)(C)CC(NCCCCO)c1ccccc1. The molecule has 2 N–H and O–H groups in total. The van der Waals surface area contributed by atoms with Crippen LogP contribution >= 0.6 is 0 Å². The molecule has 0 saturated heterocycles. The van der Waals surface area contributed by atoms with Crippen LogP contribution < -0.4 is 5.32 Å². The van der Waals surface area contributed by atoms with Crippen LogP contribution in [0.5, 0.6) is 0 Å². The van der Waals surface area contributed by atoms with Crippen molar-refractivity contribution in [3.63, 3.8) is 0 Å². The highest BCUT2D eigenvalue weighted by molar-refractivity contribution is 5.19. The lowest BCUT2D eigenvalue weighted by Crippen LogP contribution is -2.26. The van der Waals surface area contributed by atoms with Gasteiger partial charge >= 0.3 is 0 Å². The molecule has 2 nitrogen and oxygen atoms in total. The molecule has 0 aromatic heterocycles. The molecule has 1 rings (SSSR count). The lowest BCUT2D eigenvalue weighted by molar-refractivity contribution is 0.276. The molecule has 1 aromatic rings. The van der Waals surface area contributed by atoms with Gasteiger partial charge in [0.1, 0.15) is 0 Å². The van der Waals surface area contributed by atoms with E-state index in [9.17, 15) is 0 Å². The molecule has 0 spiro atoms. The van der Waals surface area contributed by atoms with Crippen LogP contribution in [0, 0.1) is 5.41 Å². The maximum absolute atomic E-state index is 8.81. The first kappa shape index (κ1) is 15.2. The highest BCUT2D eigenvalue weighted by Gasteiger charge is 2.19. The van der Waals surface area contributed by atoms with Gasteiger partial charge < -0.3 is 10.4 Å². The van der Waals surface area contributed by atoms with Crippen molar-refractivity contribution in [2.24, 2.45) is 5.41 Å². The van der Waals surface area contributed by atoms with E-state index in [0.29, 0.717) is 11.5 Å². The van der Waals surface area contributed by atoms with Gasteiger partial charge in [0.2, 0.25) is 0 Å². The van der Waals surface area contributed by atoms with Crippen molar-refractivity contribution in [2.45, 2.75) is 46.1 Å². The molecule has 0 heterocycles.